The van der Waals surface area contributed by atoms with Crippen LogP contribution in [0.1, 0.15) is 51.2 Å². The molecule has 1 N–H and O–H groups in total. The lowest BCUT2D eigenvalue weighted by Crippen LogP contribution is -2.39. The zero-order valence-corrected chi connectivity index (χ0v) is 30.0. The first-order valence-corrected chi connectivity index (χ1v) is 17.7. The Balaban J connectivity index is 1.35. The largest absolute Gasteiger partial charge is 0.477 e. The predicted molar refractivity (Wildman–Crippen MR) is 202 cm³/mol. The summed E-state index contributed by atoms with van der Waals surface area (Å²) in [5.74, 6) is 0.120. The van der Waals surface area contributed by atoms with Crippen LogP contribution in [-0.4, -0.2) is 40.8 Å². The third kappa shape index (κ3) is 5.34. The second-order valence-corrected chi connectivity index (χ2v) is 13.3. The van der Waals surface area contributed by atoms with Gasteiger partial charge in [0, 0.05) is 27.6 Å². The number of carboxylic acids is 1. The van der Waals surface area contributed by atoms with Crippen molar-refractivity contribution in [2.75, 3.05) is 0 Å². The third-order valence-electron chi connectivity index (χ3n) is 9.65. The Morgan fingerprint density at radius 3 is 1.94 bits per heavy atom. The van der Waals surface area contributed by atoms with Gasteiger partial charge in [-0.05, 0) is 67.5 Å². The molecule has 8 rings (SSSR count). The van der Waals surface area contributed by atoms with Crippen molar-refractivity contribution in [2.24, 2.45) is 0 Å². The van der Waals surface area contributed by atoms with E-state index in [2.05, 4.69) is 57.3 Å². The average Bonchev–Trinajstić information content (AvgIpc) is 3.88. The van der Waals surface area contributed by atoms with Crippen LogP contribution in [0, 0.1) is 6.92 Å². The van der Waals surface area contributed by atoms with Crippen LogP contribution >= 0.6 is 15.9 Å². The molecule has 4 aromatic carbocycles. The van der Waals surface area contributed by atoms with E-state index in [-0.39, 0.29) is 12.2 Å². The van der Waals surface area contributed by atoms with E-state index in [1.165, 1.54) is 0 Å². The highest BCUT2D eigenvalue weighted by atomic mass is 79.9. The summed E-state index contributed by atoms with van der Waals surface area (Å²) >= 11 is 3.91. The van der Waals surface area contributed by atoms with Gasteiger partial charge in [-0.1, -0.05) is 122 Å². The molecule has 0 spiro atoms. The number of rotatable bonds is 10. The molecule has 1 aliphatic carbocycles. The van der Waals surface area contributed by atoms with Gasteiger partial charge in [0.1, 0.15) is 5.82 Å². The topological polar surface area (TPSA) is 112 Å². The van der Waals surface area contributed by atoms with Crippen LogP contribution in [0.15, 0.2) is 143 Å². The first-order valence-electron chi connectivity index (χ1n) is 17.0. The highest BCUT2D eigenvalue weighted by Gasteiger charge is 2.41. The Bertz CT molecular complexity index is 2390. The molecule has 2 aliphatic rings. The maximum atomic E-state index is 12.5. The van der Waals surface area contributed by atoms with Gasteiger partial charge in [0.25, 0.3) is 0 Å². The SMILES string of the molecule is CCc1nc(C)c(C(=O)O)n1Cc1c2ccocc-2c(Br)c1-c1ccccc1-c1nnn(C(c2ccccc2)(c2ccccc2)c2ccccc2)n1. The van der Waals surface area contributed by atoms with E-state index in [1.807, 2.05) is 91.9 Å². The molecule has 0 saturated carbocycles. The van der Waals surface area contributed by atoms with Crippen molar-refractivity contribution in [3.8, 4) is 33.6 Å². The molecule has 10 heteroatoms. The second kappa shape index (κ2) is 13.5. The number of hydrogen-bond acceptors (Lipinski definition) is 6. The molecule has 0 atom stereocenters. The van der Waals surface area contributed by atoms with Crippen molar-refractivity contribution in [2.45, 2.75) is 32.4 Å². The molecule has 0 bridgehead atoms. The van der Waals surface area contributed by atoms with Crippen molar-refractivity contribution in [1.82, 2.24) is 29.8 Å². The number of hydrogen-bond donors (Lipinski definition) is 1. The zero-order valence-electron chi connectivity index (χ0n) is 28.4. The first-order chi connectivity index (χ1) is 25.4. The number of carbonyl (C=O) groups is 1. The summed E-state index contributed by atoms with van der Waals surface area (Å²) in [6, 6.07) is 40.6. The van der Waals surface area contributed by atoms with Crippen LogP contribution in [0.4, 0.5) is 0 Å². The van der Waals surface area contributed by atoms with Crippen molar-refractivity contribution in [1.29, 1.82) is 0 Å². The maximum Gasteiger partial charge on any atom is 0.354 e. The van der Waals surface area contributed by atoms with Gasteiger partial charge in [0.05, 0.1) is 24.8 Å². The van der Waals surface area contributed by atoms with Gasteiger partial charge >= 0.3 is 5.97 Å². The van der Waals surface area contributed by atoms with Crippen LogP contribution in [0.2, 0.25) is 0 Å². The molecule has 0 fully saturated rings. The Morgan fingerprint density at radius 1 is 0.788 bits per heavy atom. The lowest BCUT2D eigenvalue weighted by atomic mass is 9.77. The quantitative estimate of drug-likeness (QED) is 0.139. The average molecular weight is 750 g/mol. The van der Waals surface area contributed by atoms with E-state index in [0.717, 1.165) is 54.5 Å². The van der Waals surface area contributed by atoms with Gasteiger partial charge < -0.3 is 14.1 Å². The lowest BCUT2D eigenvalue weighted by Gasteiger charge is -2.34. The van der Waals surface area contributed by atoms with Gasteiger partial charge in [-0.2, -0.15) is 0 Å². The molecule has 9 nitrogen and oxygen atoms in total. The summed E-state index contributed by atoms with van der Waals surface area (Å²) in [6.45, 7) is 4.00. The molecular weight excluding hydrogens is 716 g/mol. The Kier molecular flexibility index (Phi) is 8.60. The van der Waals surface area contributed by atoms with Gasteiger partial charge in [-0.15, -0.1) is 15.0 Å². The molecule has 3 heterocycles. The second-order valence-electron chi connectivity index (χ2n) is 12.5. The molecular formula is C42H33BrN6O3. The molecule has 0 unspecified atom stereocenters. The van der Waals surface area contributed by atoms with E-state index in [0.29, 0.717) is 23.8 Å². The highest BCUT2D eigenvalue weighted by Crippen LogP contribution is 2.49. The highest BCUT2D eigenvalue weighted by molar-refractivity contribution is 9.10. The lowest BCUT2D eigenvalue weighted by molar-refractivity contribution is 0.0684. The molecule has 6 aromatic rings. The number of aromatic nitrogens is 6. The minimum absolute atomic E-state index is 0.172. The summed E-state index contributed by atoms with van der Waals surface area (Å²) in [5.41, 5.74) is 7.89. The van der Waals surface area contributed by atoms with Gasteiger partial charge in [0.2, 0.25) is 5.82 Å². The Labute approximate surface area is 308 Å². The number of halogens is 1. The smallest absolute Gasteiger partial charge is 0.354 e. The van der Waals surface area contributed by atoms with Crippen molar-refractivity contribution in [3.05, 3.63) is 178 Å². The van der Waals surface area contributed by atoms with E-state index in [1.54, 1.807) is 28.8 Å². The molecule has 0 radical (unpaired) electrons. The minimum Gasteiger partial charge on any atom is -0.477 e. The van der Waals surface area contributed by atoms with Crippen LogP contribution in [-0.2, 0) is 18.5 Å². The van der Waals surface area contributed by atoms with Crippen molar-refractivity contribution in [3.63, 3.8) is 0 Å². The summed E-state index contributed by atoms with van der Waals surface area (Å²) in [6.07, 6.45) is 3.92. The number of aryl methyl sites for hydroxylation is 2. The van der Waals surface area contributed by atoms with E-state index in [4.69, 9.17) is 19.8 Å². The Hall–Kier alpha value is -6.13. The minimum atomic E-state index is -1.02. The zero-order chi connectivity index (χ0) is 35.8. The number of carboxylic acid groups (broad SMARTS) is 1. The van der Waals surface area contributed by atoms with Crippen molar-refractivity contribution < 1.29 is 14.3 Å². The molecule has 0 saturated heterocycles. The van der Waals surface area contributed by atoms with Gasteiger partial charge in [-0.3, -0.25) is 0 Å². The molecule has 0 amide bonds. The van der Waals surface area contributed by atoms with Crippen LogP contribution in [0.3, 0.4) is 0 Å². The maximum absolute atomic E-state index is 12.5. The molecule has 256 valence electrons. The predicted octanol–water partition coefficient (Wildman–Crippen LogP) is 9.12. The standard InChI is InChI=1S/C42H33BrN6O3/c1-3-36-44-27(2)39(41(50)51)48(36)25-34-31-23-24-52-26-35(31)38(43)37(34)32-21-13-14-22-33(32)40-45-47-49(46-40)42(28-15-7-4-8-16-28,29-17-9-5-10-18-29)30-19-11-6-12-20-30/h4-24,26H,3,25H2,1-2H3,(H,50,51). The fourth-order valence-corrected chi connectivity index (χ4v) is 8.15. The summed E-state index contributed by atoms with van der Waals surface area (Å²) < 4.78 is 8.26. The number of nitrogens with zero attached hydrogens (tertiary/aromatic N) is 6. The van der Waals surface area contributed by atoms with Crippen LogP contribution in [0.5, 0.6) is 0 Å². The van der Waals surface area contributed by atoms with Gasteiger partial charge in [0.15, 0.2) is 11.2 Å². The monoisotopic (exact) mass is 748 g/mol. The summed E-state index contributed by atoms with van der Waals surface area (Å²) in [5, 5.41) is 25.0. The Morgan fingerprint density at radius 2 is 1.37 bits per heavy atom. The number of imidazole rings is 1. The fourth-order valence-electron chi connectivity index (χ4n) is 7.39. The number of fused-ring (bicyclic) bond motifs is 1. The molecule has 1 aliphatic heterocycles. The van der Waals surface area contributed by atoms with E-state index >= 15 is 0 Å². The van der Waals surface area contributed by atoms with Crippen LogP contribution in [0.25, 0.3) is 33.6 Å². The number of tetrazole rings is 1. The normalized spacial score (nSPS) is 11.7. The first kappa shape index (κ1) is 33.0. The fraction of sp³-hybridized carbons (Fsp3) is 0.119. The molecule has 52 heavy (non-hydrogen) atoms. The van der Waals surface area contributed by atoms with Crippen molar-refractivity contribution >= 4 is 21.9 Å². The van der Waals surface area contributed by atoms with E-state index in [9.17, 15) is 9.90 Å². The number of aromatic carboxylic acids is 1. The van der Waals surface area contributed by atoms with Gasteiger partial charge in [-0.25, -0.2) is 9.78 Å². The molecule has 2 aromatic heterocycles. The summed E-state index contributed by atoms with van der Waals surface area (Å²) in [7, 11) is 0. The van der Waals surface area contributed by atoms with E-state index < -0.39 is 11.5 Å². The number of benzene rings is 4. The third-order valence-corrected chi connectivity index (χ3v) is 10.5. The summed E-state index contributed by atoms with van der Waals surface area (Å²) in [4.78, 5) is 18.8. The van der Waals surface area contributed by atoms with Crippen LogP contribution < -0.4 is 0 Å².